The molecule has 11 heteroatoms. The van der Waals surface area contributed by atoms with Gasteiger partial charge in [-0.15, -0.1) is 0 Å². The number of unbranched alkanes of at least 4 members (excludes halogenated alkanes) is 2. The van der Waals surface area contributed by atoms with Gasteiger partial charge in [-0.05, 0) is 37.8 Å². The summed E-state index contributed by atoms with van der Waals surface area (Å²) in [7, 11) is 3.10. The van der Waals surface area contributed by atoms with Crippen LogP contribution >= 0.6 is 0 Å². The van der Waals surface area contributed by atoms with Crippen molar-refractivity contribution >= 4 is 35.2 Å². The molecule has 226 valence electrons. The van der Waals surface area contributed by atoms with Crippen molar-refractivity contribution in [2.75, 3.05) is 52.4 Å². The Morgan fingerprint density at radius 1 is 0.837 bits per heavy atom. The van der Waals surface area contributed by atoms with Crippen LogP contribution in [0.25, 0.3) is 0 Å². The zero-order valence-corrected chi connectivity index (χ0v) is 24.5. The summed E-state index contributed by atoms with van der Waals surface area (Å²) in [5, 5.41) is 3.31. The second kappa shape index (κ2) is 12.0. The van der Waals surface area contributed by atoms with Crippen LogP contribution in [0.4, 0.5) is 11.4 Å². The van der Waals surface area contributed by atoms with Crippen LogP contribution in [0.15, 0.2) is 41.4 Å². The van der Waals surface area contributed by atoms with Crippen LogP contribution in [0.3, 0.4) is 0 Å². The summed E-state index contributed by atoms with van der Waals surface area (Å²) in [6, 6.07) is 6.77. The Kier molecular flexibility index (Phi) is 7.96. The zero-order valence-electron chi connectivity index (χ0n) is 24.5. The molecular formula is C32H36N4O7. The SMILES string of the molecule is C=C1C[C@H]2C=Nc3cc(OCCCCCOc4cc5c(cc4OC)C(=O)N4CC(=O)C[C@H]4CN5)c(OC)cc3C(=O)N2C1. The molecule has 0 radical (unpaired) electrons. The minimum Gasteiger partial charge on any atom is -0.493 e. The lowest BCUT2D eigenvalue weighted by Crippen LogP contribution is -2.37. The second-order valence-corrected chi connectivity index (χ2v) is 11.3. The molecule has 2 aromatic carbocycles. The average molecular weight is 589 g/mol. The zero-order chi connectivity index (χ0) is 30.1. The Labute approximate surface area is 250 Å². The van der Waals surface area contributed by atoms with Crippen molar-refractivity contribution in [1.82, 2.24) is 9.80 Å². The summed E-state index contributed by atoms with van der Waals surface area (Å²) in [5.41, 5.74) is 3.26. The van der Waals surface area contributed by atoms with Crippen molar-refractivity contribution in [3.8, 4) is 23.0 Å². The van der Waals surface area contributed by atoms with Gasteiger partial charge in [-0.1, -0.05) is 12.2 Å². The van der Waals surface area contributed by atoms with Crippen molar-refractivity contribution in [2.24, 2.45) is 4.99 Å². The van der Waals surface area contributed by atoms with Gasteiger partial charge in [0.2, 0.25) is 0 Å². The van der Waals surface area contributed by atoms with Gasteiger partial charge in [-0.25, -0.2) is 0 Å². The molecule has 0 unspecified atom stereocenters. The molecule has 0 spiro atoms. The lowest BCUT2D eigenvalue weighted by molar-refractivity contribution is -0.116. The second-order valence-electron chi connectivity index (χ2n) is 11.3. The Balaban J connectivity index is 1.01. The number of ether oxygens (including phenoxy) is 4. The Morgan fingerprint density at radius 2 is 1.51 bits per heavy atom. The highest BCUT2D eigenvalue weighted by molar-refractivity contribution is 6.05. The van der Waals surface area contributed by atoms with Crippen LogP contribution in [0, 0.1) is 0 Å². The maximum Gasteiger partial charge on any atom is 0.257 e. The van der Waals surface area contributed by atoms with Gasteiger partial charge in [0, 0.05) is 37.9 Å². The molecule has 0 aliphatic carbocycles. The quantitative estimate of drug-likeness (QED) is 0.327. The smallest absolute Gasteiger partial charge is 0.257 e. The standard InChI is InChI=1S/C32H36N4O7/c1-19-9-20-15-33-25-13-29(27(40-2)11-23(25)31(38)35(20)17-19)42-7-5-4-6-8-43-30-14-26-24(12-28(30)41-3)32(39)36-18-22(37)10-21(36)16-34-26/h11-15,20-21,34H,1,4-10,16-18H2,2-3H3/t20-,21-/m0/s1. The molecule has 2 atom stereocenters. The van der Waals surface area contributed by atoms with Crippen molar-refractivity contribution in [1.29, 1.82) is 0 Å². The van der Waals surface area contributed by atoms with Gasteiger partial charge in [-0.2, -0.15) is 0 Å². The van der Waals surface area contributed by atoms with E-state index < -0.39 is 0 Å². The van der Waals surface area contributed by atoms with Crippen LogP contribution in [0.2, 0.25) is 0 Å². The van der Waals surface area contributed by atoms with Gasteiger partial charge in [-0.3, -0.25) is 19.4 Å². The Morgan fingerprint density at radius 3 is 2.23 bits per heavy atom. The van der Waals surface area contributed by atoms with E-state index in [1.54, 1.807) is 48.3 Å². The lowest BCUT2D eigenvalue weighted by atomic mass is 10.1. The van der Waals surface area contributed by atoms with Crippen molar-refractivity contribution in [3.05, 3.63) is 47.5 Å². The molecule has 4 aliphatic heterocycles. The number of amides is 2. The number of nitrogens with zero attached hydrogens (tertiary/aromatic N) is 3. The molecule has 1 N–H and O–H groups in total. The molecular weight excluding hydrogens is 552 g/mol. The summed E-state index contributed by atoms with van der Waals surface area (Å²) in [6.45, 7) is 6.17. The number of benzene rings is 2. The molecule has 43 heavy (non-hydrogen) atoms. The minimum absolute atomic E-state index is 0.0702. The maximum atomic E-state index is 13.2. The van der Waals surface area contributed by atoms with E-state index in [1.165, 1.54) is 0 Å². The first kappa shape index (κ1) is 28.6. The Bertz CT molecular complexity index is 1500. The third kappa shape index (κ3) is 5.63. The van der Waals surface area contributed by atoms with E-state index in [-0.39, 0.29) is 36.2 Å². The molecule has 2 saturated heterocycles. The van der Waals surface area contributed by atoms with Crippen molar-refractivity contribution in [3.63, 3.8) is 0 Å². The maximum absolute atomic E-state index is 13.2. The van der Waals surface area contributed by atoms with Crippen molar-refractivity contribution < 1.29 is 33.3 Å². The molecule has 4 heterocycles. The van der Waals surface area contributed by atoms with E-state index >= 15 is 0 Å². The number of carbonyl (C=O) groups is 3. The summed E-state index contributed by atoms with van der Waals surface area (Å²) < 4.78 is 23.1. The van der Waals surface area contributed by atoms with E-state index in [0.29, 0.717) is 78.2 Å². The van der Waals surface area contributed by atoms with Crippen LogP contribution in [0.5, 0.6) is 23.0 Å². The number of nitrogens with one attached hydrogen (secondary N) is 1. The first-order valence-corrected chi connectivity index (χ1v) is 14.6. The van der Waals surface area contributed by atoms with Crippen LogP contribution < -0.4 is 24.3 Å². The number of hydrogen-bond donors (Lipinski definition) is 1. The van der Waals surface area contributed by atoms with E-state index in [1.807, 2.05) is 6.21 Å². The topological polar surface area (TPSA) is 119 Å². The van der Waals surface area contributed by atoms with Crippen LogP contribution in [-0.2, 0) is 4.79 Å². The Hall–Kier alpha value is -4.54. The number of ketones is 1. The highest BCUT2D eigenvalue weighted by Crippen LogP contribution is 2.39. The van der Waals surface area contributed by atoms with Gasteiger partial charge in [0.25, 0.3) is 11.8 Å². The highest BCUT2D eigenvalue weighted by Gasteiger charge is 2.38. The number of aliphatic imine (C=N–C) groups is 1. The summed E-state index contributed by atoms with van der Waals surface area (Å²) in [6.07, 6.45) is 5.36. The molecule has 11 nitrogen and oxygen atoms in total. The monoisotopic (exact) mass is 588 g/mol. The normalized spacial score (nSPS) is 20.5. The lowest BCUT2D eigenvalue weighted by Gasteiger charge is -2.20. The fourth-order valence-corrected chi connectivity index (χ4v) is 6.06. The largest absolute Gasteiger partial charge is 0.493 e. The van der Waals surface area contributed by atoms with Gasteiger partial charge in [0.05, 0.1) is 68.6 Å². The number of Topliss-reactive ketones (excluding diaryl/α,β-unsaturated/α-hetero) is 1. The van der Waals surface area contributed by atoms with E-state index in [0.717, 1.165) is 31.3 Å². The minimum atomic E-state index is -0.170. The van der Waals surface area contributed by atoms with Crippen LogP contribution in [-0.4, -0.2) is 92.8 Å². The molecule has 0 aromatic heterocycles. The van der Waals surface area contributed by atoms with E-state index in [4.69, 9.17) is 18.9 Å². The predicted molar refractivity (Wildman–Crippen MR) is 161 cm³/mol. The molecule has 0 saturated carbocycles. The predicted octanol–water partition coefficient (Wildman–Crippen LogP) is 4.03. The molecule has 0 bridgehead atoms. The summed E-state index contributed by atoms with van der Waals surface area (Å²) in [5.74, 6) is 1.92. The molecule has 2 aromatic rings. The number of hydrogen-bond acceptors (Lipinski definition) is 9. The first-order chi connectivity index (χ1) is 20.9. The third-order valence-corrected chi connectivity index (χ3v) is 8.33. The summed E-state index contributed by atoms with van der Waals surface area (Å²) >= 11 is 0. The number of anilines is 1. The van der Waals surface area contributed by atoms with Gasteiger partial charge < -0.3 is 34.1 Å². The molecule has 2 amide bonds. The van der Waals surface area contributed by atoms with Crippen LogP contribution in [0.1, 0.15) is 52.8 Å². The average Bonchev–Trinajstić information content (AvgIpc) is 3.51. The summed E-state index contributed by atoms with van der Waals surface area (Å²) in [4.78, 5) is 46.1. The number of fused-ring (bicyclic) bond motifs is 4. The fraction of sp³-hybridized carbons (Fsp3) is 0.438. The molecule has 2 fully saturated rings. The fourth-order valence-electron chi connectivity index (χ4n) is 6.06. The van der Waals surface area contributed by atoms with Gasteiger partial charge >= 0.3 is 0 Å². The van der Waals surface area contributed by atoms with Crippen molar-refractivity contribution in [2.45, 2.75) is 44.2 Å². The van der Waals surface area contributed by atoms with E-state index in [9.17, 15) is 14.4 Å². The number of methoxy groups -OCH3 is 2. The van der Waals surface area contributed by atoms with Gasteiger partial charge in [0.15, 0.2) is 28.8 Å². The molecule has 6 rings (SSSR count). The highest BCUT2D eigenvalue weighted by atomic mass is 16.5. The number of rotatable bonds is 10. The number of carbonyl (C=O) groups excluding carboxylic acids is 3. The third-order valence-electron chi connectivity index (χ3n) is 8.33. The van der Waals surface area contributed by atoms with Gasteiger partial charge in [0.1, 0.15) is 0 Å². The first-order valence-electron chi connectivity index (χ1n) is 14.6. The molecule has 4 aliphatic rings. The van der Waals surface area contributed by atoms with E-state index in [2.05, 4.69) is 16.9 Å².